The van der Waals surface area contributed by atoms with Crippen LogP contribution in [-0.4, -0.2) is 15.3 Å². The van der Waals surface area contributed by atoms with Gasteiger partial charge < -0.3 is 15.9 Å². The number of hydrogen-bond donors (Lipinski definition) is 2. The van der Waals surface area contributed by atoms with E-state index in [9.17, 15) is 4.79 Å². The highest BCUT2D eigenvalue weighted by molar-refractivity contribution is 5.74. The molecule has 1 amide bonds. The fraction of sp³-hybridized carbons (Fsp3) is 0.200. The molecule has 0 spiro atoms. The molecule has 0 fully saturated rings. The van der Waals surface area contributed by atoms with Crippen LogP contribution in [0.5, 0.6) is 0 Å². The third-order valence-electron chi connectivity index (χ3n) is 2.18. The van der Waals surface area contributed by atoms with Crippen LogP contribution in [0.2, 0.25) is 0 Å². The van der Waals surface area contributed by atoms with Crippen LogP contribution >= 0.6 is 0 Å². The number of rotatable bonds is 3. The van der Waals surface area contributed by atoms with Crippen LogP contribution in [0.15, 0.2) is 30.6 Å². The number of carbonyl (C=O) groups is 1. The summed E-state index contributed by atoms with van der Waals surface area (Å²) in [6, 6.07) is 5.24. The molecule has 2 aromatic rings. The quantitative estimate of drug-likeness (QED) is 0.749. The molecular formula is C10H12N4O. The lowest BCUT2D eigenvalue weighted by Gasteiger charge is -2.03. The average Bonchev–Trinajstić information content (AvgIpc) is 2.59. The standard InChI is InChI=1S/C10H12N4O/c11-7(5-9(12)15)8-6-14-4-2-1-3-10(14)13-8/h1-4,6-7H,5,11H2,(H2,12,15)/t7-/m1/s1. The number of primary amides is 1. The van der Waals surface area contributed by atoms with Crippen molar-refractivity contribution >= 4 is 11.6 Å². The van der Waals surface area contributed by atoms with Crippen molar-refractivity contribution < 1.29 is 4.79 Å². The van der Waals surface area contributed by atoms with Crippen LogP contribution in [0.1, 0.15) is 18.2 Å². The molecule has 5 nitrogen and oxygen atoms in total. The lowest BCUT2D eigenvalue weighted by Crippen LogP contribution is -2.20. The van der Waals surface area contributed by atoms with Crippen LogP contribution in [0, 0.1) is 0 Å². The SMILES string of the molecule is NC(=O)C[C@@H](N)c1cn2ccccc2n1. The first kappa shape index (κ1) is 9.67. The van der Waals surface area contributed by atoms with E-state index in [1.807, 2.05) is 35.0 Å². The number of hydrogen-bond acceptors (Lipinski definition) is 3. The van der Waals surface area contributed by atoms with Gasteiger partial charge in [-0.25, -0.2) is 4.98 Å². The van der Waals surface area contributed by atoms with E-state index in [1.165, 1.54) is 0 Å². The highest BCUT2D eigenvalue weighted by Crippen LogP contribution is 2.13. The van der Waals surface area contributed by atoms with Gasteiger partial charge in [-0.05, 0) is 12.1 Å². The van der Waals surface area contributed by atoms with Gasteiger partial charge in [0.2, 0.25) is 5.91 Å². The molecule has 0 aliphatic carbocycles. The molecule has 4 N–H and O–H groups in total. The van der Waals surface area contributed by atoms with Crippen LogP contribution in [-0.2, 0) is 4.79 Å². The molecule has 2 rings (SSSR count). The number of fused-ring (bicyclic) bond motifs is 1. The van der Waals surface area contributed by atoms with Gasteiger partial charge in [-0.15, -0.1) is 0 Å². The number of imidazole rings is 1. The second kappa shape index (κ2) is 3.70. The van der Waals surface area contributed by atoms with Crippen LogP contribution in [0.25, 0.3) is 5.65 Å². The van der Waals surface area contributed by atoms with E-state index in [1.54, 1.807) is 0 Å². The van der Waals surface area contributed by atoms with Gasteiger partial charge in [0.1, 0.15) is 5.65 Å². The summed E-state index contributed by atoms with van der Waals surface area (Å²) in [5.74, 6) is -0.417. The zero-order chi connectivity index (χ0) is 10.8. The van der Waals surface area contributed by atoms with Gasteiger partial charge in [0.25, 0.3) is 0 Å². The minimum atomic E-state index is -0.428. The Bertz CT molecular complexity index is 458. The molecule has 0 unspecified atom stereocenters. The molecule has 0 bridgehead atoms. The van der Waals surface area contributed by atoms with Crippen molar-refractivity contribution in [1.82, 2.24) is 9.38 Å². The van der Waals surface area contributed by atoms with E-state index in [2.05, 4.69) is 4.98 Å². The predicted octanol–water partition coefficient (Wildman–Crippen LogP) is 0.209. The molecule has 0 aliphatic heterocycles. The van der Waals surface area contributed by atoms with Gasteiger partial charge in [0.15, 0.2) is 0 Å². The number of amides is 1. The molecule has 15 heavy (non-hydrogen) atoms. The van der Waals surface area contributed by atoms with E-state index in [0.717, 1.165) is 5.65 Å². The number of pyridine rings is 1. The zero-order valence-electron chi connectivity index (χ0n) is 8.13. The molecule has 0 radical (unpaired) electrons. The first-order chi connectivity index (χ1) is 7.16. The maximum absolute atomic E-state index is 10.7. The molecule has 5 heteroatoms. The Morgan fingerprint density at radius 1 is 1.53 bits per heavy atom. The molecule has 0 aliphatic rings. The minimum Gasteiger partial charge on any atom is -0.370 e. The Hall–Kier alpha value is -1.88. The van der Waals surface area contributed by atoms with Crippen molar-refractivity contribution in [3.8, 4) is 0 Å². The third-order valence-corrected chi connectivity index (χ3v) is 2.18. The van der Waals surface area contributed by atoms with E-state index >= 15 is 0 Å². The van der Waals surface area contributed by atoms with Crippen LogP contribution in [0.4, 0.5) is 0 Å². The lowest BCUT2D eigenvalue weighted by molar-refractivity contribution is -0.118. The van der Waals surface area contributed by atoms with E-state index < -0.39 is 11.9 Å². The maximum Gasteiger partial charge on any atom is 0.219 e. The summed E-state index contributed by atoms with van der Waals surface area (Å²) < 4.78 is 1.86. The Morgan fingerprint density at radius 3 is 3.00 bits per heavy atom. The Morgan fingerprint density at radius 2 is 2.33 bits per heavy atom. The lowest BCUT2D eigenvalue weighted by atomic mass is 10.1. The Kier molecular flexibility index (Phi) is 2.39. The molecule has 0 aromatic carbocycles. The van der Waals surface area contributed by atoms with Gasteiger partial charge >= 0.3 is 0 Å². The second-order valence-corrected chi connectivity index (χ2v) is 3.41. The van der Waals surface area contributed by atoms with E-state index in [-0.39, 0.29) is 6.42 Å². The van der Waals surface area contributed by atoms with Crippen molar-refractivity contribution in [2.75, 3.05) is 0 Å². The van der Waals surface area contributed by atoms with Crippen molar-refractivity contribution in [2.24, 2.45) is 11.5 Å². The normalized spacial score (nSPS) is 12.9. The number of nitrogens with zero attached hydrogens (tertiary/aromatic N) is 2. The van der Waals surface area contributed by atoms with E-state index in [4.69, 9.17) is 11.5 Å². The number of nitrogens with two attached hydrogens (primary N) is 2. The predicted molar refractivity (Wildman–Crippen MR) is 55.9 cm³/mol. The van der Waals surface area contributed by atoms with Gasteiger partial charge in [0.05, 0.1) is 11.7 Å². The molecule has 0 saturated carbocycles. The van der Waals surface area contributed by atoms with Crippen molar-refractivity contribution in [3.05, 3.63) is 36.3 Å². The molecule has 0 saturated heterocycles. The van der Waals surface area contributed by atoms with Gasteiger partial charge in [-0.1, -0.05) is 6.07 Å². The monoisotopic (exact) mass is 204 g/mol. The zero-order valence-corrected chi connectivity index (χ0v) is 8.13. The van der Waals surface area contributed by atoms with Crippen LogP contribution < -0.4 is 11.5 Å². The largest absolute Gasteiger partial charge is 0.370 e. The summed E-state index contributed by atoms with van der Waals surface area (Å²) >= 11 is 0. The maximum atomic E-state index is 10.7. The summed E-state index contributed by atoms with van der Waals surface area (Å²) in [6.07, 6.45) is 3.80. The van der Waals surface area contributed by atoms with Crippen molar-refractivity contribution in [2.45, 2.75) is 12.5 Å². The summed E-state index contributed by atoms with van der Waals surface area (Å²) in [4.78, 5) is 15.0. The molecule has 78 valence electrons. The van der Waals surface area contributed by atoms with Gasteiger partial charge in [-0.3, -0.25) is 4.79 Å². The molecule has 1 atom stereocenters. The Labute approximate surface area is 86.7 Å². The van der Waals surface area contributed by atoms with Crippen molar-refractivity contribution in [3.63, 3.8) is 0 Å². The summed E-state index contributed by atoms with van der Waals surface area (Å²) in [7, 11) is 0. The third kappa shape index (κ3) is 1.97. The molecule has 2 aromatic heterocycles. The average molecular weight is 204 g/mol. The fourth-order valence-corrected chi connectivity index (χ4v) is 1.45. The highest BCUT2D eigenvalue weighted by atomic mass is 16.1. The molecular weight excluding hydrogens is 192 g/mol. The number of aromatic nitrogens is 2. The van der Waals surface area contributed by atoms with Gasteiger partial charge in [0, 0.05) is 18.8 Å². The number of carbonyl (C=O) groups excluding carboxylic acids is 1. The first-order valence-electron chi connectivity index (χ1n) is 4.64. The van der Waals surface area contributed by atoms with Crippen LogP contribution in [0.3, 0.4) is 0 Å². The smallest absolute Gasteiger partial charge is 0.219 e. The highest BCUT2D eigenvalue weighted by Gasteiger charge is 2.12. The Balaban J connectivity index is 2.32. The fourth-order valence-electron chi connectivity index (χ4n) is 1.45. The summed E-state index contributed by atoms with van der Waals surface area (Å²) in [6.45, 7) is 0. The minimum absolute atomic E-state index is 0.115. The van der Waals surface area contributed by atoms with Gasteiger partial charge in [-0.2, -0.15) is 0 Å². The topological polar surface area (TPSA) is 86.4 Å². The first-order valence-corrected chi connectivity index (χ1v) is 4.64. The summed E-state index contributed by atoms with van der Waals surface area (Å²) in [5, 5.41) is 0. The molecule has 2 heterocycles. The van der Waals surface area contributed by atoms with E-state index in [0.29, 0.717) is 5.69 Å². The van der Waals surface area contributed by atoms with Crippen molar-refractivity contribution in [1.29, 1.82) is 0 Å². The second-order valence-electron chi connectivity index (χ2n) is 3.41. The summed E-state index contributed by atoms with van der Waals surface area (Å²) in [5.41, 5.74) is 12.3.